The van der Waals surface area contributed by atoms with Crippen LogP contribution in [0.15, 0.2) is 160 Å². The Kier molecular flexibility index (Phi) is 5.00. The molecule has 0 saturated heterocycles. The molecule has 10 rings (SSSR count). The van der Waals surface area contributed by atoms with Gasteiger partial charge in [0.2, 0.25) is 0 Å². The Balaban J connectivity index is 1.30. The Bertz CT molecular complexity index is 2760. The van der Waals surface area contributed by atoms with E-state index < -0.39 is 0 Å². The van der Waals surface area contributed by atoms with Gasteiger partial charge in [-0.1, -0.05) is 97.1 Å². The summed E-state index contributed by atoms with van der Waals surface area (Å²) in [4.78, 5) is 0. The highest BCUT2D eigenvalue weighted by Crippen LogP contribution is 2.42. The molecule has 0 aliphatic carbocycles. The molecule has 3 heteroatoms. The first-order valence-corrected chi connectivity index (χ1v) is 15.3. The maximum Gasteiger partial charge on any atom is 0.160 e. The minimum atomic E-state index is 0.890. The van der Waals surface area contributed by atoms with Gasteiger partial charge in [0.15, 0.2) is 5.58 Å². The first-order chi connectivity index (χ1) is 22.3. The molecule has 45 heavy (non-hydrogen) atoms. The zero-order valence-electron chi connectivity index (χ0n) is 24.2. The lowest BCUT2D eigenvalue weighted by Crippen LogP contribution is -1.96. The Morgan fingerprint density at radius 1 is 0.356 bits per heavy atom. The summed E-state index contributed by atoms with van der Waals surface area (Å²) in [5.74, 6) is 0. The largest absolute Gasteiger partial charge is 0.456 e. The zero-order valence-corrected chi connectivity index (χ0v) is 24.2. The van der Waals surface area contributed by atoms with E-state index in [1.165, 1.54) is 16.3 Å². The Morgan fingerprint density at radius 3 is 1.78 bits per heavy atom. The van der Waals surface area contributed by atoms with Crippen molar-refractivity contribution < 1.29 is 8.83 Å². The summed E-state index contributed by atoms with van der Waals surface area (Å²) < 4.78 is 15.3. The molecule has 3 nitrogen and oxygen atoms in total. The number of hydrogen-bond acceptors (Lipinski definition) is 2. The molecular weight excluding hydrogens is 550 g/mol. The van der Waals surface area contributed by atoms with Crippen molar-refractivity contribution in [2.75, 3.05) is 0 Å². The molecule has 0 aliphatic heterocycles. The van der Waals surface area contributed by atoms with Gasteiger partial charge in [0.1, 0.15) is 16.7 Å². The average molecular weight is 576 g/mol. The number of hydrogen-bond donors (Lipinski definition) is 0. The molecule has 0 amide bonds. The van der Waals surface area contributed by atoms with E-state index in [0.29, 0.717) is 0 Å². The van der Waals surface area contributed by atoms with E-state index >= 15 is 0 Å². The van der Waals surface area contributed by atoms with Crippen molar-refractivity contribution >= 4 is 65.7 Å². The summed E-state index contributed by atoms with van der Waals surface area (Å²) in [5.41, 5.74) is 11.4. The Hall–Kier alpha value is -6.06. The SMILES string of the molecule is c1ccc(-c2cc(-c3ccc4c(c3)oc3ccccc34)cc(-n3c4ccccc4c4ccc5c6ccccc6oc5c43)c2)cc1. The fourth-order valence-corrected chi connectivity index (χ4v) is 7.11. The number of nitrogens with zero attached hydrogens (tertiary/aromatic N) is 1. The van der Waals surface area contributed by atoms with Crippen molar-refractivity contribution in [3.63, 3.8) is 0 Å². The Morgan fingerprint density at radius 2 is 0.956 bits per heavy atom. The first-order valence-electron chi connectivity index (χ1n) is 15.3. The van der Waals surface area contributed by atoms with Crippen molar-refractivity contribution in [2.45, 2.75) is 0 Å². The third kappa shape index (κ3) is 3.58. The minimum Gasteiger partial charge on any atom is -0.456 e. The number of fused-ring (bicyclic) bond motifs is 10. The van der Waals surface area contributed by atoms with E-state index in [2.05, 4.69) is 138 Å². The van der Waals surface area contributed by atoms with Crippen molar-refractivity contribution in [3.05, 3.63) is 152 Å². The van der Waals surface area contributed by atoms with E-state index in [9.17, 15) is 0 Å². The molecule has 3 heterocycles. The van der Waals surface area contributed by atoms with E-state index in [0.717, 1.165) is 77.3 Å². The van der Waals surface area contributed by atoms with Crippen LogP contribution in [0.4, 0.5) is 0 Å². The molecule has 0 fully saturated rings. The first kappa shape index (κ1) is 24.4. The normalized spacial score (nSPS) is 12.0. The maximum atomic E-state index is 6.63. The van der Waals surface area contributed by atoms with Crippen molar-refractivity contribution in [1.82, 2.24) is 4.57 Å². The second-order valence-electron chi connectivity index (χ2n) is 11.7. The second-order valence-corrected chi connectivity index (χ2v) is 11.7. The molecule has 0 spiro atoms. The average Bonchev–Trinajstić information content (AvgIpc) is 3.77. The zero-order chi connectivity index (χ0) is 29.5. The standard InChI is InChI=1S/C42H25NO2/c1-2-10-26(11-3-1)28-22-29(27-18-19-34-32-13-5-8-16-38(32)44-40(34)25-27)24-30(23-28)43-37-15-7-4-12-31(37)35-20-21-36-33-14-6-9-17-39(33)45-42(36)41(35)43/h1-25H. The van der Waals surface area contributed by atoms with Gasteiger partial charge in [-0.05, 0) is 76.9 Å². The molecule has 0 atom stereocenters. The van der Waals surface area contributed by atoms with Crippen LogP contribution in [0.5, 0.6) is 0 Å². The molecule has 0 aliphatic rings. The molecule has 0 radical (unpaired) electrons. The summed E-state index contributed by atoms with van der Waals surface area (Å²) in [6.45, 7) is 0. The van der Waals surface area contributed by atoms with Crippen LogP contribution in [0.25, 0.3) is 93.6 Å². The molecule has 210 valence electrons. The van der Waals surface area contributed by atoms with Crippen LogP contribution in [-0.4, -0.2) is 4.57 Å². The monoisotopic (exact) mass is 575 g/mol. The molecule has 10 aromatic rings. The van der Waals surface area contributed by atoms with Crippen LogP contribution >= 0.6 is 0 Å². The highest BCUT2D eigenvalue weighted by atomic mass is 16.3. The van der Waals surface area contributed by atoms with Crippen LogP contribution in [0.2, 0.25) is 0 Å². The number of para-hydroxylation sites is 3. The molecule has 0 saturated carbocycles. The van der Waals surface area contributed by atoms with Gasteiger partial charge in [0, 0.05) is 38.0 Å². The van der Waals surface area contributed by atoms with E-state index in [1.807, 2.05) is 18.2 Å². The highest BCUT2D eigenvalue weighted by Gasteiger charge is 2.20. The van der Waals surface area contributed by atoms with Crippen LogP contribution in [0, 0.1) is 0 Å². The molecule has 0 N–H and O–H groups in total. The van der Waals surface area contributed by atoms with Crippen LogP contribution in [0.1, 0.15) is 0 Å². The number of rotatable bonds is 3. The van der Waals surface area contributed by atoms with Gasteiger partial charge in [0.25, 0.3) is 0 Å². The summed E-state index contributed by atoms with van der Waals surface area (Å²) in [7, 11) is 0. The van der Waals surface area contributed by atoms with E-state index in [1.54, 1.807) is 0 Å². The van der Waals surface area contributed by atoms with Crippen molar-refractivity contribution in [3.8, 4) is 27.9 Å². The Labute approximate surface area is 258 Å². The van der Waals surface area contributed by atoms with E-state index in [-0.39, 0.29) is 0 Å². The third-order valence-corrected chi connectivity index (χ3v) is 9.17. The van der Waals surface area contributed by atoms with Gasteiger partial charge in [-0.25, -0.2) is 0 Å². The molecule has 0 bridgehead atoms. The van der Waals surface area contributed by atoms with Gasteiger partial charge >= 0.3 is 0 Å². The number of aromatic nitrogens is 1. The summed E-state index contributed by atoms with van der Waals surface area (Å²) in [5, 5.41) is 6.89. The summed E-state index contributed by atoms with van der Waals surface area (Å²) in [6.07, 6.45) is 0. The predicted octanol–water partition coefficient (Wildman–Crippen LogP) is 11.9. The molecule has 7 aromatic carbocycles. The number of benzene rings is 7. The molecule has 0 unspecified atom stereocenters. The lowest BCUT2D eigenvalue weighted by Gasteiger charge is -2.14. The van der Waals surface area contributed by atoms with Gasteiger partial charge in [0.05, 0.1) is 11.0 Å². The fourth-order valence-electron chi connectivity index (χ4n) is 7.11. The smallest absolute Gasteiger partial charge is 0.160 e. The summed E-state index contributed by atoms with van der Waals surface area (Å²) >= 11 is 0. The van der Waals surface area contributed by atoms with E-state index in [4.69, 9.17) is 8.83 Å². The minimum absolute atomic E-state index is 0.890. The molecular formula is C42H25NO2. The fraction of sp³-hybridized carbons (Fsp3) is 0. The van der Waals surface area contributed by atoms with Crippen LogP contribution in [-0.2, 0) is 0 Å². The maximum absolute atomic E-state index is 6.63. The molecule has 3 aromatic heterocycles. The number of furan rings is 2. The predicted molar refractivity (Wildman–Crippen MR) is 186 cm³/mol. The van der Waals surface area contributed by atoms with Crippen LogP contribution < -0.4 is 0 Å². The lowest BCUT2D eigenvalue weighted by atomic mass is 9.97. The van der Waals surface area contributed by atoms with Crippen molar-refractivity contribution in [1.29, 1.82) is 0 Å². The third-order valence-electron chi connectivity index (χ3n) is 9.17. The van der Waals surface area contributed by atoms with Crippen molar-refractivity contribution in [2.24, 2.45) is 0 Å². The topological polar surface area (TPSA) is 31.2 Å². The van der Waals surface area contributed by atoms with Gasteiger partial charge in [-0.2, -0.15) is 0 Å². The summed E-state index contributed by atoms with van der Waals surface area (Å²) in [6, 6.07) is 53.7. The van der Waals surface area contributed by atoms with Gasteiger partial charge < -0.3 is 13.4 Å². The lowest BCUT2D eigenvalue weighted by molar-refractivity contribution is 0.669. The van der Waals surface area contributed by atoms with Crippen LogP contribution in [0.3, 0.4) is 0 Å². The van der Waals surface area contributed by atoms with Gasteiger partial charge in [-0.15, -0.1) is 0 Å². The second kappa shape index (κ2) is 9.22. The van der Waals surface area contributed by atoms with Gasteiger partial charge in [-0.3, -0.25) is 0 Å². The highest BCUT2D eigenvalue weighted by molar-refractivity contribution is 6.21. The quantitative estimate of drug-likeness (QED) is 0.210.